The fourth-order valence-corrected chi connectivity index (χ4v) is 2.35. The fourth-order valence-electron chi connectivity index (χ4n) is 1.00. The Bertz CT molecular complexity index is 184. The highest BCUT2D eigenvalue weighted by atomic mass is 31.2. The molecule has 13 heavy (non-hydrogen) atoms. The summed E-state index contributed by atoms with van der Waals surface area (Å²) in [6.07, 6.45) is 1.25. The first-order valence-electron chi connectivity index (χ1n) is 4.90. The standard InChI is InChI=1S/C9H20FO2P/c1-5-7-13(10,11)12-9(4)8(3)6-2/h8-9H,5-7H2,1-4H3. The van der Waals surface area contributed by atoms with Gasteiger partial charge in [-0.1, -0.05) is 27.2 Å². The van der Waals surface area contributed by atoms with Crippen LogP contribution < -0.4 is 0 Å². The van der Waals surface area contributed by atoms with Gasteiger partial charge >= 0.3 is 7.68 Å². The third kappa shape index (κ3) is 5.43. The van der Waals surface area contributed by atoms with E-state index in [1.54, 1.807) is 13.8 Å². The van der Waals surface area contributed by atoms with Gasteiger partial charge in [-0.15, -0.1) is 0 Å². The van der Waals surface area contributed by atoms with Gasteiger partial charge in [0.1, 0.15) is 0 Å². The van der Waals surface area contributed by atoms with Crippen LogP contribution in [0.1, 0.15) is 40.5 Å². The third-order valence-corrected chi connectivity index (χ3v) is 3.89. The maximum Gasteiger partial charge on any atom is 0.367 e. The molecule has 0 aliphatic heterocycles. The van der Waals surface area contributed by atoms with Gasteiger partial charge in [-0.3, -0.25) is 4.57 Å². The number of hydrogen-bond acceptors (Lipinski definition) is 2. The van der Waals surface area contributed by atoms with Crippen molar-refractivity contribution in [2.75, 3.05) is 6.16 Å². The van der Waals surface area contributed by atoms with E-state index in [1.807, 2.05) is 13.8 Å². The van der Waals surface area contributed by atoms with Crippen LogP contribution in [-0.4, -0.2) is 12.3 Å². The van der Waals surface area contributed by atoms with Gasteiger partial charge < -0.3 is 4.52 Å². The number of rotatable bonds is 6. The second-order valence-corrected chi connectivity index (χ2v) is 5.35. The Hall–Kier alpha value is 0.120. The van der Waals surface area contributed by atoms with Crippen LogP contribution in [0.3, 0.4) is 0 Å². The molecule has 0 aliphatic carbocycles. The molecular weight excluding hydrogens is 190 g/mol. The quantitative estimate of drug-likeness (QED) is 0.619. The average Bonchev–Trinajstić information content (AvgIpc) is 2.01. The summed E-state index contributed by atoms with van der Waals surface area (Å²) in [4.78, 5) is 0. The average molecular weight is 210 g/mol. The van der Waals surface area contributed by atoms with E-state index in [4.69, 9.17) is 4.52 Å². The first kappa shape index (κ1) is 13.1. The van der Waals surface area contributed by atoms with Gasteiger partial charge in [0.15, 0.2) is 0 Å². The Balaban J connectivity index is 4.03. The zero-order chi connectivity index (χ0) is 10.5. The van der Waals surface area contributed by atoms with Crippen molar-refractivity contribution in [1.82, 2.24) is 0 Å². The van der Waals surface area contributed by atoms with Gasteiger partial charge in [0.05, 0.1) is 12.3 Å². The van der Waals surface area contributed by atoms with Gasteiger partial charge in [-0.25, -0.2) is 0 Å². The van der Waals surface area contributed by atoms with Crippen molar-refractivity contribution in [2.45, 2.75) is 46.6 Å². The molecule has 0 fully saturated rings. The second-order valence-electron chi connectivity index (χ2n) is 3.51. The van der Waals surface area contributed by atoms with E-state index in [-0.39, 0.29) is 18.2 Å². The topological polar surface area (TPSA) is 26.3 Å². The predicted molar refractivity (Wildman–Crippen MR) is 53.9 cm³/mol. The highest BCUT2D eigenvalue weighted by Crippen LogP contribution is 2.51. The molecule has 4 heteroatoms. The van der Waals surface area contributed by atoms with Crippen LogP contribution in [0.5, 0.6) is 0 Å². The molecule has 0 aromatic heterocycles. The lowest BCUT2D eigenvalue weighted by atomic mass is 10.0. The maximum absolute atomic E-state index is 13.2. The van der Waals surface area contributed by atoms with Crippen molar-refractivity contribution in [3.05, 3.63) is 0 Å². The van der Waals surface area contributed by atoms with Crippen LogP contribution in [0.4, 0.5) is 4.20 Å². The molecule has 3 atom stereocenters. The smallest absolute Gasteiger partial charge is 0.302 e. The summed E-state index contributed by atoms with van der Waals surface area (Å²) in [6.45, 7) is 7.55. The first-order chi connectivity index (χ1) is 5.93. The van der Waals surface area contributed by atoms with E-state index in [0.29, 0.717) is 6.42 Å². The molecule has 0 N–H and O–H groups in total. The van der Waals surface area contributed by atoms with Gasteiger partial charge in [-0.05, 0) is 19.3 Å². The minimum Gasteiger partial charge on any atom is -0.302 e. The molecular formula is C9H20FO2P. The van der Waals surface area contributed by atoms with E-state index in [0.717, 1.165) is 6.42 Å². The minimum atomic E-state index is -3.82. The lowest BCUT2D eigenvalue weighted by Gasteiger charge is -2.20. The number of hydrogen-bond donors (Lipinski definition) is 0. The second kappa shape index (κ2) is 5.77. The van der Waals surface area contributed by atoms with Crippen LogP contribution in [-0.2, 0) is 9.09 Å². The SMILES string of the molecule is CCCP(=O)(F)OC(C)C(C)CC. The lowest BCUT2D eigenvalue weighted by Crippen LogP contribution is -2.15. The van der Waals surface area contributed by atoms with Gasteiger partial charge in [0.2, 0.25) is 0 Å². The maximum atomic E-state index is 13.2. The molecule has 0 aromatic rings. The summed E-state index contributed by atoms with van der Waals surface area (Å²) in [5, 5.41) is 0. The van der Waals surface area contributed by atoms with Crippen LogP contribution in [0.25, 0.3) is 0 Å². The molecule has 0 aliphatic rings. The van der Waals surface area contributed by atoms with Crippen LogP contribution in [0.15, 0.2) is 0 Å². The van der Waals surface area contributed by atoms with Crippen molar-refractivity contribution in [3.8, 4) is 0 Å². The van der Waals surface area contributed by atoms with Crippen LogP contribution in [0.2, 0.25) is 0 Å². The Morgan fingerprint density at radius 1 is 1.38 bits per heavy atom. The van der Waals surface area contributed by atoms with Gasteiger partial charge in [0.25, 0.3) is 0 Å². The first-order valence-corrected chi connectivity index (χ1v) is 6.60. The molecule has 0 aromatic carbocycles. The molecule has 0 bridgehead atoms. The summed E-state index contributed by atoms with van der Waals surface area (Å²) in [7, 11) is -3.82. The Labute approximate surface area is 80.4 Å². The zero-order valence-electron chi connectivity index (χ0n) is 8.92. The van der Waals surface area contributed by atoms with Gasteiger partial charge in [-0.2, -0.15) is 4.20 Å². The monoisotopic (exact) mass is 210 g/mol. The summed E-state index contributed by atoms with van der Waals surface area (Å²) in [5.74, 6) is 0.251. The molecule has 2 nitrogen and oxygen atoms in total. The summed E-state index contributed by atoms with van der Waals surface area (Å²) < 4.78 is 29.2. The molecule has 0 saturated heterocycles. The normalized spacial score (nSPS) is 20.7. The summed E-state index contributed by atoms with van der Waals surface area (Å²) >= 11 is 0. The van der Waals surface area contributed by atoms with E-state index < -0.39 is 7.68 Å². The molecule has 0 amide bonds. The Kier molecular flexibility index (Phi) is 5.82. The molecule has 0 spiro atoms. The zero-order valence-corrected chi connectivity index (χ0v) is 9.81. The predicted octanol–water partition coefficient (Wildman–Crippen LogP) is 4.01. The van der Waals surface area contributed by atoms with Gasteiger partial charge in [0, 0.05) is 0 Å². The van der Waals surface area contributed by atoms with Crippen molar-refractivity contribution < 1.29 is 13.3 Å². The molecule has 0 rings (SSSR count). The summed E-state index contributed by atoms with van der Waals surface area (Å²) in [5.41, 5.74) is 0. The Morgan fingerprint density at radius 3 is 2.31 bits per heavy atom. The van der Waals surface area contributed by atoms with Crippen LogP contribution in [0, 0.1) is 5.92 Å². The number of halogens is 1. The van der Waals surface area contributed by atoms with E-state index in [9.17, 15) is 8.76 Å². The van der Waals surface area contributed by atoms with E-state index in [2.05, 4.69) is 0 Å². The molecule has 3 unspecified atom stereocenters. The van der Waals surface area contributed by atoms with E-state index >= 15 is 0 Å². The van der Waals surface area contributed by atoms with E-state index in [1.165, 1.54) is 0 Å². The minimum absolute atomic E-state index is 0.0355. The van der Waals surface area contributed by atoms with Crippen molar-refractivity contribution in [2.24, 2.45) is 5.92 Å². The summed E-state index contributed by atoms with van der Waals surface area (Å²) in [6, 6.07) is 0. The fraction of sp³-hybridized carbons (Fsp3) is 1.00. The van der Waals surface area contributed by atoms with Crippen molar-refractivity contribution >= 4 is 7.68 Å². The molecule has 80 valence electrons. The third-order valence-electron chi connectivity index (χ3n) is 2.26. The van der Waals surface area contributed by atoms with Crippen molar-refractivity contribution in [3.63, 3.8) is 0 Å². The van der Waals surface area contributed by atoms with Crippen LogP contribution >= 0.6 is 7.68 Å². The Morgan fingerprint density at radius 2 is 1.92 bits per heavy atom. The lowest BCUT2D eigenvalue weighted by molar-refractivity contribution is 0.149. The molecule has 0 radical (unpaired) electrons. The molecule has 0 saturated carbocycles. The van der Waals surface area contributed by atoms with Crippen molar-refractivity contribution in [1.29, 1.82) is 0 Å². The largest absolute Gasteiger partial charge is 0.367 e. The highest BCUT2D eigenvalue weighted by molar-refractivity contribution is 7.53. The molecule has 0 heterocycles. The highest BCUT2D eigenvalue weighted by Gasteiger charge is 2.25.